The highest BCUT2D eigenvalue weighted by Crippen LogP contribution is 2.62. The highest BCUT2D eigenvalue weighted by molar-refractivity contribution is 6.12. The second-order valence-corrected chi connectivity index (χ2v) is 8.62. The number of nitrogens with one attached hydrogen (secondary N) is 2. The van der Waals surface area contributed by atoms with Crippen LogP contribution in [0.2, 0.25) is 0 Å². The number of hydrogen-bond donors (Lipinski definition) is 3. The lowest BCUT2D eigenvalue weighted by molar-refractivity contribution is 0.102. The number of amides is 1. The van der Waals surface area contributed by atoms with E-state index in [1.54, 1.807) is 6.07 Å². The first-order valence-corrected chi connectivity index (χ1v) is 9.90. The van der Waals surface area contributed by atoms with Crippen molar-refractivity contribution >= 4 is 28.6 Å². The average Bonchev–Trinajstić information content (AvgIpc) is 3.37. The highest BCUT2D eigenvalue weighted by Gasteiger charge is 2.55. The molecule has 4 fully saturated rings. The minimum Gasteiger partial charge on any atom is -0.383 e. The van der Waals surface area contributed by atoms with E-state index in [4.69, 9.17) is 10.8 Å². The smallest absolute Gasteiger partial charge is 0.278 e. The summed E-state index contributed by atoms with van der Waals surface area (Å²) < 4.78 is 1.98. The van der Waals surface area contributed by atoms with Crippen LogP contribution in [0.3, 0.4) is 0 Å². The molecule has 0 aromatic carbocycles. The summed E-state index contributed by atoms with van der Waals surface area (Å²) in [5.41, 5.74) is 7.95. The molecular formula is C19H22N8O. The van der Waals surface area contributed by atoms with Crippen molar-refractivity contribution in [3.05, 3.63) is 23.8 Å². The molecule has 3 aromatic heterocycles. The van der Waals surface area contributed by atoms with Crippen molar-refractivity contribution in [2.24, 2.45) is 23.7 Å². The van der Waals surface area contributed by atoms with Gasteiger partial charge in [-0.15, -0.1) is 0 Å². The van der Waals surface area contributed by atoms with Crippen LogP contribution < -0.4 is 11.1 Å². The van der Waals surface area contributed by atoms with Gasteiger partial charge >= 0.3 is 0 Å². The van der Waals surface area contributed by atoms with E-state index in [9.17, 15) is 4.79 Å². The van der Waals surface area contributed by atoms with Gasteiger partial charge in [0, 0.05) is 11.8 Å². The minimum absolute atomic E-state index is 0.270. The fourth-order valence-corrected chi connectivity index (χ4v) is 6.10. The van der Waals surface area contributed by atoms with Crippen molar-refractivity contribution in [2.75, 3.05) is 11.1 Å². The van der Waals surface area contributed by atoms with Crippen LogP contribution in [0.15, 0.2) is 12.4 Å². The number of nitrogens with two attached hydrogens (primary N) is 1. The monoisotopic (exact) mass is 378 g/mol. The molecule has 0 spiro atoms. The number of hydrogen-bond acceptors (Lipinski definition) is 6. The number of carbonyl (C=O) groups is 1. The summed E-state index contributed by atoms with van der Waals surface area (Å²) in [6, 6.07) is 2.07. The molecule has 3 aromatic rings. The Labute approximate surface area is 161 Å². The zero-order valence-corrected chi connectivity index (χ0v) is 15.6. The molecule has 4 aliphatic carbocycles. The summed E-state index contributed by atoms with van der Waals surface area (Å²) in [4.78, 5) is 21.6. The van der Waals surface area contributed by atoms with Crippen LogP contribution in [-0.2, 0) is 0 Å². The number of aromatic amines is 1. The summed E-state index contributed by atoms with van der Waals surface area (Å²) in [5, 5.41) is 15.0. The second-order valence-electron chi connectivity index (χ2n) is 8.62. The maximum absolute atomic E-state index is 13.0. The van der Waals surface area contributed by atoms with Gasteiger partial charge in [0.1, 0.15) is 12.1 Å². The molecule has 7 rings (SSSR count). The number of fused-ring (bicyclic) bond motifs is 1. The third-order valence-electron chi connectivity index (χ3n) is 6.97. The number of aryl methyl sites for hydroxylation is 1. The van der Waals surface area contributed by atoms with E-state index in [0.717, 1.165) is 17.5 Å². The van der Waals surface area contributed by atoms with Gasteiger partial charge in [-0.05, 0) is 56.3 Å². The van der Waals surface area contributed by atoms with E-state index < -0.39 is 0 Å². The summed E-state index contributed by atoms with van der Waals surface area (Å²) in [6.45, 7) is 1.88. The molecular weight excluding hydrogens is 356 g/mol. The molecule has 5 atom stereocenters. The maximum atomic E-state index is 13.0. The molecule has 0 saturated heterocycles. The molecule has 28 heavy (non-hydrogen) atoms. The van der Waals surface area contributed by atoms with Crippen LogP contribution in [0.4, 0.5) is 11.6 Å². The third-order valence-corrected chi connectivity index (χ3v) is 6.97. The first-order chi connectivity index (χ1) is 13.6. The minimum atomic E-state index is -0.343. The third kappa shape index (κ3) is 2.15. The summed E-state index contributed by atoms with van der Waals surface area (Å²) >= 11 is 0. The Balaban J connectivity index is 1.45. The Hall–Kier alpha value is -2.97. The van der Waals surface area contributed by atoms with Crippen LogP contribution >= 0.6 is 0 Å². The number of rotatable bonds is 3. The molecule has 9 heteroatoms. The topological polar surface area (TPSA) is 127 Å². The van der Waals surface area contributed by atoms with Crippen LogP contribution in [-0.4, -0.2) is 35.9 Å². The lowest BCUT2D eigenvalue weighted by Gasteiger charge is -2.32. The van der Waals surface area contributed by atoms with Crippen molar-refractivity contribution in [3.63, 3.8) is 0 Å². The van der Waals surface area contributed by atoms with Crippen LogP contribution in [0.25, 0.3) is 11.0 Å². The first-order valence-electron chi connectivity index (χ1n) is 9.90. The molecule has 9 nitrogen and oxygen atoms in total. The normalized spacial score (nSPS) is 30.4. The fourth-order valence-electron chi connectivity index (χ4n) is 6.10. The number of H-pyrrole nitrogens is 1. The summed E-state index contributed by atoms with van der Waals surface area (Å²) in [7, 11) is 0. The van der Waals surface area contributed by atoms with Crippen molar-refractivity contribution in [3.8, 4) is 0 Å². The molecule has 4 bridgehead atoms. The van der Waals surface area contributed by atoms with E-state index in [-0.39, 0.29) is 17.4 Å². The Morgan fingerprint density at radius 2 is 2.11 bits per heavy atom. The Morgan fingerprint density at radius 3 is 2.89 bits per heavy atom. The molecule has 0 aliphatic heterocycles. The van der Waals surface area contributed by atoms with Gasteiger partial charge in [-0.2, -0.15) is 10.2 Å². The van der Waals surface area contributed by atoms with Gasteiger partial charge in [-0.25, -0.2) is 14.6 Å². The van der Waals surface area contributed by atoms with Gasteiger partial charge in [0.25, 0.3) is 5.91 Å². The van der Waals surface area contributed by atoms with E-state index in [1.807, 2.05) is 11.6 Å². The molecule has 3 heterocycles. The van der Waals surface area contributed by atoms with Gasteiger partial charge in [-0.1, -0.05) is 0 Å². The second kappa shape index (κ2) is 5.52. The Bertz CT molecular complexity index is 1100. The van der Waals surface area contributed by atoms with E-state index in [2.05, 4.69) is 25.5 Å². The zero-order valence-electron chi connectivity index (χ0n) is 15.6. The summed E-state index contributed by atoms with van der Waals surface area (Å²) in [5.74, 6) is 3.31. The quantitative estimate of drug-likeness (QED) is 0.642. The standard InChI is InChI=1S/C19H22N8O/c1-8-2-13(25-24-8)23-19(28)15-14-17(20)21-7-22-18(14)27(26-15)16-11-4-9-3-10(6-11)12(16)5-9/h2,7,9-12,16H,3-6H2,1H3,(H2,20,21,22)(H2,23,24,25,28). The van der Waals surface area contributed by atoms with Crippen LogP contribution in [0.5, 0.6) is 0 Å². The molecule has 4 N–H and O–H groups in total. The maximum Gasteiger partial charge on any atom is 0.278 e. The first kappa shape index (κ1) is 16.0. The highest BCUT2D eigenvalue weighted by atomic mass is 16.2. The number of anilines is 2. The predicted octanol–water partition coefficient (Wildman–Crippen LogP) is 2.30. The van der Waals surface area contributed by atoms with Crippen molar-refractivity contribution in [2.45, 2.75) is 38.6 Å². The van der Waals surface area contributed by atoms with Gasteiger partial charge < -0.3 is 11.1 Å². The zero-order chi connectivity index (χ0) is 19.0. The molecule has 5 unspecified atom stereocenters. The van der Waals surface area contributed by atoms with Crippen molar-refractivity contribution in [1.29, 1.82) is 0 Å². The largest absolute Gasteiger partial charge is 0.383 e. The molecule has 144 valence electrons. The molecule has 4 aliphatic rings. The Morgan fingerprint density at radius 1 is 1.25 bits per heavy atom. The van der Waals surface area contributed by atoms with E-state index in [1.165, 1.54) is 32.0 Å². The number of carbonyl (C=O) groups excluding carboxylic acids is 1. The molecule has 0 radical (unpaired) electrons. The lowest BCUT2D eigenvalue weighted by atomic mass is 9.79. The van der Waals surface area contributed by atoms with Gasteiger partial charge in [-0.3, -0.25) is 9.89 Å². The number of nitrogen functional groups attached to an aromatic ring is 1. The molecule has 4 saturated carbocycles. The van der Waals surface area contributed by atoms with Gasteiger partial charge in [0.15, 0.2) is 17.2 Å². The lowest BCUT2D eigenvalue weighted by Crippen LogP contribution is -2.27. The SMILES string of the molecule is Cc1cc(NC(=O)c2nn(C3C4CC5CC(C4)C3C5)c3ncnc(N)c23)n[nH]1. The van der Waals surface area contributed by atoms with Crippen LogP contribution in [0, 0.1) is 30.6 Å². The predicted molar refractivity (Wildman–Crippen MR) is 102 cm³/mol. The van der Waals surface area contributed by atoms with Gasteiger partial charge in [0.05, 0.1) is 11.4 Å². The number of nitrogens with zero attached hydrogens (tertiary/aromatic N) is 5. The van der Waals surface area contributed by atoms with E-state index >= 15 is 0 Å². The number of aromatic nitrogens is 6. The molecule has 1 amide bonds. The van der Waals surface area contributed by atoms with Crippen LogP contribution in [0.1, 0.15) is 47.9 Å². The van der Waals surface area contributed by atoms with Crippen molar-refractivity contribution < 1.29 is 4.79 Å². The van der Waals surface area contributed by atoms with Gasteiger partial charge in [0.2, 0.25) is 0 Å². The summed E-state index contributed by atoms with van der Waals surface area (Å²) in [6.07, 6.45) is 6.59. The average molecular weight is 378 g/mol. The van der Waals surface area contributed by atoms with E-state index in [0.29, 0.717) is 34.7 Å². The van der Waals surface area contributed by atoms with Crippen molar-refractivity contribution in [1.82, 2.24) is 29.9 Å². The fraction of sp³-hybridized carbons (Fsp3) is 0.526. The Kier molecular flexibility index (Phi) is 3.16.